The van der Waals surface area contributed by atoms with Crippen molar-refractivity contribution in [1.29, 1.82) is 5.26 Å². The van der Waals surface area contributed by atoms with Gasteiger partial charge in [-0.05, 0) is 50.3 Å². The Morgan fingerprint density at radius 2 is 2.11 bits per heavy atom. The van der Waals surface area contributed by atoms with Crippen LogP contribution in [0.25, 0.3) is 0 Å². The van der Waals surface area contributed by atoms with E-state index >= 15 is 0 Å². The number of nitrogens with zero attached hydrogens (tertiary/aromatic N) is 1. The molecule has 0 spiro atoms. The van der Waals surface area contributed by atoms with Crippen molar-refractivity contribution in [2.24, 2.45) is 5.41 Å². The van der Waals surface area contributed by atoms with Gasteiger partial charge in [0.15, 0.2) is 0 Å². The van der Waals surface area contributed by atoms with Gasteiger partial charge in [-0.3, -0.25) is 4.79 Å². The van der Waals surface area contributed by atoms with E-state index < -0.39 is 5.41 Å². The van der Waals surface area contributed by atoms with Crippen molar-refractivity contribution >= 4 is 11.6 Å². The maximum atomic E-state index is 12.3. The minimum atomic E-state index is -0.845. The number of carbonyl (C=O) groups excluding carboxylic acids is 1. The van der Waals surface area contributed by atoms with E-state index in [9.17, 15) is 10.1 Å². The molecule has 0 aromatic heterocycles. The van der Waals surface area contributed by atoms with E-state index in [4.69, 9.17) is 4.74 Å². The van der Waals surface area contributed by atoms with Crippen LogP contribution in [0.15, 0.2) is 12.1 Å². The fourth-order valence-corrected chi connectivity index (χ4v) is 2.40. The first-order valence-corrected chi connectivity index (χ1v) is 6.40. The van der Waals surface area contributed by atoms with Gasteiger partial charge in [0.2, 0.25) is 5.91 Å². The molecule has 1 N–H and O–H groups in total. The molecule has 0 atom stereocenters. The number of nitriles is 1. The van der Waals surface area contributed by atoms with Gasteiger partial charge in [-0.15, -0.1) is 0 Å². The Bertz CT molecular complexity index is 554. The van der Waals surface area contributed by atoms with E-state index in [1.54, 1.807) is 7.11 Å². The van der Waals surface area contributed by atoms with Gasteiger partial charge >= 0.3 is 0 Å². The van der Waals surface area contributed by atoms with Crippen LogP contribution in [-0.4, -0.2) is 13.0 Å². The predicted octanol–water partition coefficient (Wildman–Crippen LogP) is 2.94. The summed E-state index contributed by atoms with van der Waals surface area (Å²) in [6.45, 7) is 3.90. The molecular weight excluding hydrogens is 240 g/mol. The van der Waals surface area contributed by atoms with Gasteiger partial charge in [-0.2, -0.15) is 5.26 Å². The molecule has 4 heteroatoms. The second-order valence-electron chi connectivity index (χ2n) is 5.16. The average Bonchev–Trinajstić information content (AvgIpc) is 2.31. The smallest absolute Gasteiger partial charge is 0.244 e. The van der Waals surface area contributed by atoms with Crippen LogP contribution >= 0.6 is 0 Å². The molecule has 1 fully saturated rings. The maximum Gasteiger partial charge on any atom is 0.244 e. The molecule has 1 aliphatic rings. The number of aryl methyl sites for hydroxylation is 2. The fourth-order valence-electron chi connectivity index (χ4n) is 2.40. The van der Waals surface area contributed by atoms with Gasteiger partial charge in [0.25, 0.3) is 0 Å². The van der Waals surface area contributed by atoms with E-state index in [1.807, 2.05) is 26.0 Å². The second kappa shape index (κ2) is 4.93. The minimum Gasteiger partial charge on any atom is -0.495 e. The highest BCUT2D eigenvalue weighted by atomic mass is 16.5. The lowest BCUT2D eigenvalue weighted by Gasteiger charge is -2.33. The van der Waals surface area contributed by atoms with Crippen LogP contribution in [-0.2, 0) is 4.79 Å². The number of benzene rings is 1. The van der Waals surface area contributed by atoms with E-state index in [0.29, 0.717) is 24.3 Å². The molecular formula is C15H18N2O2. The average molecular weight is 258 g/mol. The summed E-state index contributed by atoms with van der Waals surface area (Å²) in [6.07, 6.45) is 2.22. The summed E-state index contributed by atoms with van der Waals surface area (Å²) in [5, 5.41) is 12.0. The third-order valence-corrected chi connectivity index (χ3v) is 3.76. The van der Waals surface area contributed by atoms with Crippen LogP contribution in [0.4, 0.5) is 5.69 Å². The molecule has 1 aromatic rings. The highest BCUT2D eigenvalue weighted by Gasteiger charge is 2.44. The summed E-state index contributed by atoms with van der Waals surface area (Å²) in [5.41, 5.74) is 1.84. The van der Waals surface area contributed by atoms with E-state index in [-0.39, 0.29) is 5.91 Å². The number of anilines is 1. The molecule has 0 bridgehead atoms. The van der Waals surface area contributed by atoms with E-state index in [2.05, 4.69) is 11.4 Å². The Morgan fingerprint density at radius 3 is 2.58 bits per heavy atom. The number of amides is 1. The molecule has 4 nitrogen and oxygen atoms in total. The van der Waals surface area contributed by atoms with Crippen molar-refractivity contribution in [1.82, 2.24) is 0 Å². The largest absolute Gasteiger partial charge is 0.495 e. The first kappa shape index (κ1) is 13.4. The monoisotopic (exact) mass is 258 g/mol. The predicted molar refractivity (Wildman–Crippen MR) is 73.0 cm³/mol. The Kier molecular flexibility index (Phi) is 3.48. The summed E-state index contributed by atoms with van der Waals surface area (Å²) < 4.78 is 5.31. The lowest BCUT2D eigenvalue weighted by atomic mass is 9.69. The van der Waals surface area contributed by atoms with Gasteiger partial charge in [-0.25, -0.2) is 0 Å². The standard InChI is InChI=1S/C15H18N2O2/c1-10-7-11(2)13(12(8-10)19-3)17-14(18)15(9-16)5-4-6-15/h7-8H,4-6H2,1-3H3,(H,17,18). The zero-order chi connectivity index (χ0) is 14.0. The van der Waals surface area contributed by atoms with Gasteiger partial charge in [0.05, 0.1) is 18.9 Å². The maximum absolute atomic E-state index is 12.3. The number of rotatable bonds is 3. The molecule has 1 aliphatic carbocycles. The second-order valence-corrected chi connectivity index (χ2v) is 5.16. The number of hydrogen-bond donors (Lipinski definition) is 1. The molecule has 2 rings (SSSR count). The number of ether oxygens (including phenoxy) is 1. The molecule has 1 amide bonds. The molecule has 0 unspecified atom stereocenters. The summed E-state index contributed by atoms with van der Waals surface area (Å²) >= 11 is 0. The third-order valence-electron chi connectivity index (χ3n) is 3.76. The van der Waals surface area contributed by atoms with Gasteiger partial charge in [0, 0.05) is 0 Å². The molecule has 100 valence electrons. The quantitative estimate of drug-likeness (QED) is 0.906. The molecule has 0 heterocycles. The first-order valence-electron chi connectivity index (χ1n) is 6.40. The van der Waals surface area contributed by atoms with E-state index in [1.165, 1.54) is 0 Å². The van der Waals surface area contributed by atoms with Crippen LogP contribution < -0.4 is 10.1 Å². The van der Waals surface area contributed by atoms with Crippen molar-refractivity contribution in [2.75, 3.05) is 12.4 Å². The Labute approximate surface area is 113 Å². The summed E-state index contributed by atoms with van der Waals surface area (Å²) in [7, 11) is 1.58. The Hall–Kier alpha value is -2.02. The van der Waals surface area contributed by atoms with Crippen LogP contribution in [0, 0.1) is 30.6 Å². The van der Waals surface area contributed by atoms with Crippen molar-refractivity contribution < 1.29 is 9.53 Å². The van der Waals surface area contributed by atoms with Gasteiger partial charge in [0.1, 0.15) is 11.2 Å². The minimum absolute atomic E-state index is 0.216. The summed E-state index contributed by atoms with van der Waals surface area (Å²) in [5.74, 6) is 0.421. The summed E-state index contributed by atoms with van der Waals surface area (Å²) in [6, 6.07) is 6.01. The van der Waals surface area contributed by atoms with Crippen LogP contribution in [0.1, 0.15) is 30.4 Å². The van der Waals surface area contributed by atoms with Crippen molar-refractivity contribution in [2.45, 2.75) is 33.1 Å². The van der Waals surface area contributed by atoms with E-state index in [0.717, 1.165) is 17.5 Å². The number of hydrogen-bond acceptors (Lipinski definition) is 3. The summed E-state index contributed by atoms with van der Waals surface area (Å²) in [4.78, 5) is 12.3. The van der Waals surface area contributed by atoms with Crippen LogP contribution in [0.5, 0.6) is 5.75 Å². The Morgan fingerprint density at radius 1 is 1.42 bits per heavy atom. The highest BCUT2D eigenvalue weighted by Crippen LogP contribution is 2.42. The topological polar surface area (TPSA) is 62.1 Å². The van der Waals surface area contributed by atoms with Crippen molar-refractivity contribution in [3.05, 3.63) is 23.3 Å². The van der Waals surface area contributed by atoms with Crippen LogP contribution in [0.2, 0.25) is 0 Å². The molecule has 1 aromatic carbocycles. The SMILES string of the molecule is COc1cc(C)cc(C)c1NC(=O)C1(C#N)CCC1. The number of methoxy groups -OCH3 is 1. The number of nitrogens with one attached hydrogen (secondary N) is 1. The lowest BCUT2D eigenvalue weighted by molar-refractivity contribution is -0.126. The van der Waals surface area contributed by atoms with Crippen LogP contribution in [0.3, 0.4) is 0 Å². The van der Waals surface area contributed by atoms with Gasteiger partial charge in [-0.1, -0.05) is 6.07 Å². The van der Waals surface area contributed by atoms with Gasteiger partial charge < -0.3 is 10.1 Å². The number of carbonyl (C=O) groups is 1. The highest BCUT2D eigenvalue weighted by molar-refractivity contribution is 5.99. The normalized spacial score (nSPS) is 16.1. The van der Waals surface area contributed by atoms with Crippen molar-refractivity contribution in [3.63, 3.8) is 0 Å². The molecule has 19 heavy (non-hydrogen) atoms. The first-order chi connectivity index (χ1) is 9.02. The van der Waals surface area contributed by atoms with Crippen molar-refractivity contribution in [3.8, 4) is 11.8 Å². The Balaban J connectivity index is 2.29. The lowest BCUT2D eigenvalue weighted by Crippen LogP contribution is -2.40. The zero-order valence-corrected chi connectivity index (χ0v) is 11.5. The third kappa shape index (κ3) is 2.28. The zero-order valence-electron chi connectivity index (χ0n) is 11.5. The fraction of sp³-hybridized carbons (Fsp3) is 0.467. The molecule has 1 saturated carbocycles. The molecule has 0 radical (unpaired) electrons. The molecule has 0 aliphatic heterocycles. The molecule has 0 saturated heterocycles.